The van der Waals surface area contributed by atoms with Gasteiger partial charge in [-0.25, -0.2) is 9.67 Å². The highest BCUT2D eigenvalue weighted by Crippen LogP contribution is 2.22. The van der Waals surface area contributed by atoms with E-state index in [0.717, 1.165) is 32.1 Å². The molecule has 0 atom stereocenters. The third-order valence-corrected chi connectivity index (χ3v) is 5.72. The topological polar surface area (TPSA) is 59.8 Å². The maximum atomic E-state index is 12.6. The first-order chi connectivity index (χ1) is 13.6. The number of rotatable bonds is 5. The molecular formula is C21H17BrN4OS. The molecule has 0 aliphatic heterocycles. The molecule has 0 radical (unpaired) electrons. The Labute approximate surface area is 175 Å². The van der Waals surface area contributed by atoms with Gasteiger partial charge in [-0.15, -0.1) is 11.3 Å². The summed E-state index contributed by atoms with van der Waals surface area (Å²) in [6.45, 7) is 2.28. The summed E-state index contributed by atoms with van der Waals surface area (Å²) < 4.78 is 2.76. The van der Waals surface area contributed by atoms with Gasteiger partial charge in [0.15, 0.2) is 0 Å². The van der Waals surface area contributed by atoms with Gasteiger partial charge in [0, 0.05) is 15.4 Å². The second-order valence-corrected chi connectivity index (χ2v) is 8.07. The van der Waals surface area contributed by atoms with Crippen molar-refractivity contribution in [1.82, 2.24) is 20.1 Å². The number of carbonyl (C=O) groups is 1. The van der Waals surface area contributed by atoms with Crippen molar-refractivity contribution in [2.75, 3.05) is 0 Å². The number of aromatic nitrogens is 3. The van der Waals surface area contributed by atoms with Gasteiger partial charge < -0.3 is 5.32 Å². The number of nitrogens with one attached hydrogen (secondary N) is 1. The molecule has 4 rings (SSSR count). The number of hydrogen-bond donors (Lipinski definition) is 1. The minimum Gasteiger partial charge on any atom is -0.345 e. The van der Waals surface area contributed by atoms with Crippen LogP contribution in [0, 0.1) is 6.92 Å². The van der Waals surface area contributed by atoms with Gasteiger partial charge in [0.05, 0.1) is 35.4 Å². The Kier molecular flexibility index (Phi) is 5.36. The molecule has 0 bridgehead atoms. The molecule has 2 aromatic carbocycles. The zero-order valence-corrected chi connectivity index (χ0v) is 17.5. The van der Waals surface area contributed by atoms with E-state index in [0.29, 0.717) is 12.1 Å². The first kappa shape index (κ1) is 18.6. The molecule has 0 unspecified atom stereocenters. The number of amides is 1. The van der Waals surface area contributed by atoms with Gasteiger partial charge in [0.1, 0.15) is 5.01 Å². The quantitative estimate of drug-likeness (QED) is 0.463. The predicted molar refractivity (Wildman–Crippen MR) is 115 cm³/mol. The Bertz CT molecular complexity index is 1100. The van der Waals surface area contributed by atoms with E-state index >= 15 is 0 Å². The molecule has 0 saturated carbocycles. The Morgan fingerprint density at radius 3 is 2.64 bits per heavy atom. The summed E-state index contributed by atoms with van der Waals surface area (Å²) in [5.74, 6) is -0.155. The minimum atomic E-state index is -0.155. The Morgan fingerprint density at radius 1 is 1.14 bits per heavy atom. The molecule has 0 saturated heterocycles. The van der Waals surface area contributed by atoms with Crippen LogP contribution in [-0.4, -0.2) is 20.7 Å². The molecule has 140 valence electrons. The molecule has 0 aliphatic rings. The predicted octanol–water partition coefficient (Wildman–Crippen LogP) is 5.00. The molecule has 28 heavy (non-hydrogen) atoms. The fourth-order valence-electron chi connectivity index (χ4n) is 2.86. The number of carbonyl (C=O) groups excluding carboxylic acids is 1. The van der Waals surface area contributed by atoms with Gasteiger partial charge >= 0.3 is 0 Å². The van der Waals surface area contributed by atoms with Crippen molar-refractivity contribution in [2.24, 2.45) is 0 Å². The van der Waals surface area contributed by atoms with Crippen molar-refractivity contribution in [3.05, 3.63) is 86.9 Å². The SMILES string of the molecule is Cc1c(C(=O)NCc2nc(-c3ccccc3)cs2)cnn1-c1ccc(Br)cc1. The fourth-order valence-corrected chi connectivity index (χ4v) is 3.87. The normalized spacial score (nSPS) is 10.8. The van der Waals surface area contributed by atoms with E-state index in [9.17, 15) is 4.79 Å². The highest BCUT2D eigenvalue weighted by molar-refractivity contribution is 9.10. The van der Waals surface area contributed by atoms with E-state index < -0.39 is 0 Å². The van der Waals surface area contributed by atoms with Gasteiger partial charge in [-0.2, -0.15) is 5.10 Å². The summed E-state index contributed by atoms with van der Waals surface area (Å²) in [6, 6.07) is 17.8. The molecule has 7 heteroatoms. The van der Waals surface area contributed by atoms with Crippen molar-refractivity contribution in [1.29, 1.82) is 0 Å². The van der Waals surface area contributed by atoms with Crippen LogP contribution in [0.25, 0.3) is 16.9 Å². The number of halogens is 1. The molecule has 1 N–H and O–H groups in total. The van der Waals surface area contributed by atoms with Crippen molar-refractivity contribution >= 4 is 33.2 Å². The standard InChI is InChI=1S/C21H17BrN4OS/c1-14-18(11-24-26(14)17-9-7-16(22)8-10-17)21(27)23-12-20-25-19(13-28-20)15-5-3-2-4-6-15/h2-11,13H,12H2,1H3,(H,23,27). The van der Waals surface area contributed by atoms with Crippen LogP contribution in [0.4, 0.5) is 0 Å². The van der Waals surface area contributed by atoms with E-state index in [1.165, 1.54) is 11.3 Å². The van der Waals surface area contributed by atoms with Gasteiger partial charge in [-0.05, 0) is 31.2 Å². The van der Waals surface area contributed by atoms with Gasteiger partial charge in [-0.1, -0.05) is 46.3 Å². The van der Waals surface area contributed by atoms with E-state index in [1.54, 1.807) is 10.9 Å². The van der Waals surface area contributed by atoms with Gasteiger partial charge in [0.25, 0.3) is 5.91 Å². The zero-order chi connectivity index (χ0) is 19.5. The highest BCUT2D eigenvalue weighted by Gasteiger charge is 2.15. The highest BCUT2D eigenvalue weighted by atomic mass is 79.9. The molecule has 0 fully saturated rings. The smallest absolute Gasteiger partial charge is 0.255 e. The molecule has 5 nitrogen and oxygen atoms in total. The molecule has 0 spiro atoms. The largest absolute Gasteiger partial charge is 0.345 e. The summed E-state index contributed by atoms with van der Waals surface area (Å²) in [4.78, 5) is 17.2. The maximum Gasteiger partial charge on any atom is 0.255 e. The van der Waals surface area contributed by atoms with Crippen LogP contribution >= 0.6 is 27.3 Å². The summed E-state index contributed by atoms with van der Waals surface area (Å²) in [7, 11) is 0. The number of thiazole rings is 1. The lowest BCUT2D eigenvalue weighted by Gasteiger charge is -2.06. The van der Waals surface area contributed by atoms with Crippen molar-refractivity contribution in [2.45, 2.75) is 13.5 Å². The molecular weight excluding hydrogens is 436 g/mol. The zero-order valence-electron chi connectivity index (χ0n) is 15.1. The van der Waals surface area contributed by atoms with Gasteiger partial charge in [-0.3, -0.25) is 4.79 Å². The summed E-state index contributed by atoms with van der Waals surface area (Å²) >= 11 is 4.96. The minimum absolute atomic E-state index is 0.155. The van der Waals surface area contributed by atoms with E-state index in [4.69, 9.17) is 0 Å². The van der Waals surface area contributed by atoms with Crippen molar-refractivity contribution < 1.29 is 4.79 Å². The average molecular weight is 453 g/mol. The second-order valence-electron chi connectivity index (χ2n) is 6.21. The number of hydrogen-bond acceptors (Lipinski definition) is 4. The first-order valence-corrected chi connectivity index (χ1v) is 10.4. The summed E-state index contributed by atoms with van der Waals surface area (Å²) in [5, 5.41) is 10.2. The number of nitrogens with zero attached hydrogens (tertiary/aromatic N) is 3. The monoisotopic (exact) mass is 452 g/mol. The van der Waals surface area contributed by atoms with Crippen LogP contribution in [0.3, 0.4) is 0 Å². The van der Waals surface area contributed by atoms with E-state index in [-0.39, 0.29) is 5.91 Å². The molecule has 2 aromatic heterocycles. The van der Waals surface area contributed by atoms with Crippen molar-refractivity contribution in [3.8, 4) is 16.9 Å². The molecule has 4 aromatic rings. The molecule has 2 heterocycles. The Hall–Kier alpha value is -2.77. The summed E-state index contributed by atoms with van der Waals surface area (Å²) in [6.07, 6.45) is 1.60. The van der Waals surface area contributed by atoms with Crippen LogP contribution in [0.1, 0.15) is 21.1 Å². The lowest BCUT2D eigenvalue weighted by molar-refractivity contribution is 0.0950. The molecule has 0 aliphatic carbocycles. The lowest BCUT2D eigenvalue weighted by Crippen LogP contribution is -2.23. The van der Waals surface area contributed by atoms with E-state index in [1.807, 2.05) is 66.9 Å². The molecule has 1 amide bonds. The first-order valence-electron chi connectivity index (χ1n) is 8.70. The number of benzene rings is 2. The third-order valence-electron chi connectivity index (χ3n) is 4.35. The van der Waals surface area contributed by atoms with Crippen LogP contribution in [0.5, 0.6) is 0 Å². The van der Waals surface area contributed by atoms with Crippen LogP contribution in [0.2, 0.25) is 0 Å². The summed E-state index contributed by atoms with van der Waals surface area (Å²) in [5.41, 5.74) is 4.26. The average Bonchev–Trinajstić information content (AvgIpc) is 3.34. The van der Waals surface area contributed by atoms with Crippen LogP contribution in [-0.2, 0) is 6.54 Å². The lowest BCUT2D eigenvalue weighted by atomic mass is 10.2. The Balaban J connectivity index is 1.45. The van der Waals surface area contributed by atoms with Gasteiger partial charge in [0.2, 0.25) is 0 Å². The van der Waals surface area contributed by atoms with Crippen LogP contribution < -0.4 is 5.32 Å². The van der Waals surface area contributed by atoms with Crippen molar-refractivity contribution in [3.63, 3.8) is 0 Å². The van der Waals surface area contributed by atoms with Crippen LogP contribution in [0.15, 0.2) is 70.6 Å². The third kappa shape index (κ3) is 3.90. The second kappa shape index (κ2) is 8.08. The fraction of sp³-hybridized carbons (Fsp3) is 0.0952. The maximum absolute atomic E-state index is 12.6. The Morgan fingerprint density at radius 2 is 1.89 bits per heavy atom. The van der Waals surface area contributed by atoms with E-state index in [2.05, 4.69) is 31.3 Å².